The molecule has 124 valence electrons. The number of rotatable bonds is 5. The fourth-order valence-electron chi connectivity index (χ4n) is 2.06. The highest BCUT2D eigenvalue weighted by Crippen LogP contribution is 2.29. The summed E-state index contributed by atoms with van der Waals surface area (Å²) in [5, 5.41) is 48.5. The second-order valence-electron chi connectivity index (χ2n) is 4.69. The molecule has 0 aliphatic carbocycles. The molecular weight excluding hydrogens is 314 g/mol. The molecule has 0 aliphatic rings. The fraction of sp³-hybridized carbons (Fsp3) is 0.0625. The van der Waals surface area contributed by atoms with E-state index in [-0.39, 0.29) is 27.9 Å². The van der Waals surface area contributed by atoms with Gasteiger partial charge in [-0.3, -0.25) is 10.4 Å². The van der Waals surface area contributed by atoms with Crippen molar-refractivity contribution >= 4 is 23.0 Å². The third kappa shape index (κ3) is 3.81. The summed E-state index contributed by atoms with van der Waals surface area (Å²) in [5.74, 6) is 0.242. The van der Waals surface area contributed by atoms with Crippen LogP contribution in [-0.2, 0) is 0 Å². The number of methoxy groups -OCH3 is 1. The largest absolute Gasteiger partial charge is 0.769 e. The molecule has 0 unspecified atom stereocenters. The molecule has 2 aromatic carbocycles. The first-order valence-electron chi connectivity index (χ1n) is 6.69. The van der Waals surface area contributed by atoms with Crippen molar-refractivity contribution in [3.8, 4) is 11.8 Å². The third-order valence-electron chi connectivity index (χ3n) is 3.24. The Kier molecular flexibility index (Phi) is 5.36. The molecule has 0 spiro atoms. The zero-order valence-electron chi connectivity index (χ0n) is 12.6. The van der Waals surface area contributed by atoms with Gasteiger partial charge in [-0.05, 0) is 41.5 Å². The third-order valence-corrected chi connectivity index (χ3v) is 3.24. The van der Waals surface area contributed by atoms with Gasteiger partial charge in [0.05, 0.1) is 18.8 Å². The van der Waals surface area contributed by atoms with Crippen LogP contribution in [0.5, 0.6) is 5.75 Å². The standard InChI is InChI=1S/C16H13N3O5/c1-24-16-7-2-11(9-15(16)19(22)23)8-13(10-17)12-3-5-14(6-4-12)18(20)21/h2-9,22-23H,1H3/q-2/b13-8-. The normalized spacial score (nSPS) is 10.9. The van der Waals surface area contributed by atoms with Gasteiger partial charge < -0.3 is 20.4 Å². The zero-order chi connectivity index (χ0) is 17.7. The molecule has 0 atom stereocenters. The molecule has 0 radical (unpaired) electrons. The van der Waals surface area contributed by atoms with Crippen molar-refractivity contribution in [3.05, 3.63) is 64.0 Å². The van der Waals surface area contributed by atoms with E-state index in [9.17, 15) is 26.1 Å². The molecule has 0 fully saturated rings. The van der Waals surface area contributed by atoms with Crippen molar-refractivity contribution in [2.24, 2.45) is 0 Å². The summed E-state index contributed by atoms with van der Waals surface area (Å²) >= 11 is 0. The van der Waals surface area contributed by atoms with E-state index in [1.807, 2.05) is 6.07 Å². The first-order valence-corrected chi connectivity index (χ1v) is 6.69. The lowest BCUT2D eigenvalue weighted by atomic mass is 10.0. The van der Waals surface area contributed by atoms with Crippen LogP contribution in [0.2, 0.25) is 0 Å². The number of anilines is 2. The topological polar surface area (TPSA) is 126 Å². The minimum absolute atomic E-state index is 0.00670. The van der Waals surface area contributed by atoms with Crippen LogP contribution >= 0.6 is 0 Å². The van der Waals surface area contributed by atoms with Gasteiger partial charge in [0, 0.05) is 5.69 Å². The van der Waals surface area contributed by atoms with Gasteiger partial charge in [-0.15, -0.1) is 5.23 Å². The number of hydrogen-bond acceptors (Lipinski definition) is 8. The van der Waals surface area contributed by atoms with Gasteiger partial charge in [0.15, 0.2) is 0 Å². The molecule has 2 N–H and O–H groups in total. The SMILES string of the molecule is COc1ccc(/C=C(/C#N)c2ccc(N([O-])[O-])cc2)cc1N(O)O. The Morgan fingerprint density at radius 3 is 2.33 bits per heavy atom. The van der Waals surface area contributed by atoms with Gasteiger partial charge in [0.2, 0.25) is 0 Å². The maximum Gasteiger partial charge on any atom is 0.147 e. The zero-order valence-corrected chi connectivity index (χ0v) is 12.6. The first-order chi connectivity index (χ1) is 11.5. The van der Waals surface area contributed by atoms with Crippen LogP contribution in [0.25, 0.3) is 11.6 Å². The Balaban J connectivity index is 2.40. The second-order valence-corrected chi connectivity index (χ2v) is 4.69. The average molecular weight is 327 g/mol. The molecule has 0 heterocycles. The van der Waals surface area contributed by atoms with Crippen LogP contribution in [0.4, 0.5) is 11.4 Å². The number of ether oxygens (including phenoxy) is 1. The van der Waals surface area contributed by atoms with Crippen molar-refractivity contribution in [1.82, 2.24) is 0 Å². The van der Waals surface area contributed by atoms with Crippen LogP contribution in [0, 0.1) is 21.7 Å². The van der Waals surface area contributed by atoms with E-state index < -0.39 is 5.23 Å². The molecule has 2 rings (SSSR count). The Morgan fingerprint density at radius 1 is 1.17 bits per heavy atom. The van der Waals surface area contributed by atoms with E-state index in [2.05, 4.69) is 0 Å². The minimum atomic E-state index is -0.521. The summed E-state index contributed by atoms with van der Waals surface area (Å²) in [6, 6.07) is 12.2. The summed E-state index contributed by atoms with van der Waals surface area (Å²) in [4.78, 5) is 0. The second kappa shape index (κ2) is 7.45. The van der Waals surface area contributed by atoms with Crippen LogP contribution in [-0.4, -0.2) is 17.5 Å². The fourth-order valence-corrected chi connectivity index (χ4v) is 2.06. The summed E-state index contributed by atoms with van der Waals surface area (Å²) in [7, 11) is 1.38. The van der Waals surface area contributed by atoms with Crippen molar-refractivity contribution in [3.63, 3.8) is 0 Å². The number of benzene rings is 2. The summed E-state index contributed by atoms with van der Waals surface area (Å²) in [5.41, 5.74) is 1.23. The summed E-state index contributed by atoms with van der Waals surface area (Å²) in [6.45, 7) is 0. The molecule has 0 bridgehead atoms. The predicted octanol–water partition coefficient (Wildman–Crippen LogP) is 3.15. The Labute approximate surface area is 137 Å². The van der Waals surface area contributed by atoms with E-state index in [4.69, 9.17) is 4.74 Å². The number of allylic oxidation sites excluding steroid dienone is 1. The molecule has 8 nitrogen and oxygen atoms in total. The van der Waals surface area contributed by atoms with Gasteiger partial charge in [-0.2, -0.15) is 5.26 Å². The number of nitrogens with zero attached hydrogens (tertiary/aromatic N) is 3. The van der Waals surface area contributed by atoms with E-state index in [0.29, 0.717) is 11.1 Å². The van der Waals surface area contributed by atoms with Crippen LogP contribution < -0.4 is 15.2 Å². The van der Waals surface area contributed by atoms with Gasteiger partial charge in [0.25, 0.3) is 0 Å². The highest BCUT2D eigenvalue weighted by atomic mass is 16.8. The lowest BCUT2D eigenvalue weighted by Crippen LogP contribution is -2.12. The van der Waals surface area contributed by atoms with E-state index >= 15 is 0 Å². The quantitative estimate of drug-likeness (QED) is 0.487. The monoisotopic (exact) mass is 327 g/mol. The van der Waals surface area contributed by atoms with Gasteiger partial charge in [-0.25, -0.2) is 0 Å². The lowest BCUT2D eigenvalue weighted by molar-refractivity contribution is 0.0279. The van der Waals surface area contributed by atoms with E-state index in [1.165, 1.54) is 49.6 Å². The average Bonchev–Trinajstić information content (AvgIpc) is 2.59. The van der Waals surface area contributed by atoms with Gasteiger partial charge in [0.1, 0.15) is 11.4 Å². The number of hydrogen-bond donors (Lipinski definition) is 2. The molecule has 2 aromatic rings. The Morgan fingerprint density at radius 2 is 1.83 bits per heavy atom. The Bertz CT molecular complexity index is 779. The van der Waals surface area contributed by atoms with Crippen molar-refractivity contribution < 1.29 is 15.2 Å². The van der Waals surface area contributed by atoms with Gasteiger partial charge >= 0.3 is 0 Å². The van der Waals surface area contributed by atoms with E-state index in [0.717, 1.165) is 0 Å². The molecule has 24 heavy (non-hydrogen) atoms. The molecule has 8 heteroatoms. The molecule has 0 amide bonds. The molecule has 0 saturated carbocycles. The lowest BCUT2D eigenvalue weighted by Gasteiger charge is -2.37. The molecule has 0 aromatic heterocycles. The van der Waals surface area contributed by atoms with Crippen LogP contribution in [0.3, 0.4) is 0 Å². The van der Waals surface area contributed by atoms with Crippen LogP contribution in [0.15, 0.2) is 42.5 Å². The van der Waals surface area contributed by atoms with Crippen molar-refractivity contribution in [2.75, 3.05) is 17.6 Å². The molecular formula is C16H13N3O5-2. The summed E-state index contributed by atoms with van der Waals surface area (Å²) < 4.78 is 5.00. The minimum Gasteiger partial charge on any atom is -0.769 e. The summed E-state index contributed by atoms with van der Waals surface area (Å²) in [6.07, 6.45) is 1.52. The Hall–Kier alpha value is -3.09. The maximum absolute atomic E-state index is 10.7. The number of nitriles is 1. The first kappa shape index (κ1) is 17.3. The van der Waals surface area contributed by atoms with Crippen LogP contribution in [0.1, 0.15) is 11.1 Å². The van der Waals surface area contributed by atoms with Crippen molar-refractivity contribution in [2.45, 2.75) is 0 Å². The molecule has 0 aliphatic heterocycles. The smallest absolute Gasteiger partial charge is 0.147 e. The van der Waals surface area contributed by atoms with Gasteiger partial charge in [-0.1, -0.05) is 18.2 Å². The molecule has 0 saturated heterocycles. The highest BCUT2D eigenvalue weighted by Gasteiger charge is 2.09. The highest BCUT2D eigenvalue weighted by molar-refractivity contribution is 5.90. The predicted molar refractivity (Wildman–Crippen MR) is 88.2 cm³/mol. The maximum atomic E-state index is 10.7. The van der Waals surface area contributed by atoms with E-state index in [1.54, 1.807) is 6.07 Å². The van der Waals surface area contributed by atoms with Crippen molar-refractivity contribution in [1.29, 1.82) is 5.26 Å².